The van der Waals surface area contributed by atoms with E-state index in [4.69, 9.17) is 11.6 Å². The second-order valence-electron chi connectivity index (χ2n) is 5.48. The van der Waals surface area contributed by atoms with Crippen molar-refractivity contribution in [3.63, 3.8) is 0 Å². The second kappa shape index (κ2) is 6.34. The summed E-state index contributed by atoms with van der Waals surface area (Å²) in [5.41, 5.74) is 3.59. The average Bonchev–Trinajstić information content (AvgIpc) is 3.19. The lowest BCUT2D eigenvalue weighted by Crippen LogP contribution is -2.19. The van der Waals surface area contributed by atoms with E-state index in [-0.39, 0.29) is 5.91 Å². The Kier molecular flexibility index (Phi) is 4.04. The minimum Gasteiger partial charge on any atom is -0.322 e. The highest BCUT2D eigenvalue weighted by molar-refractivity contribution is 8.16. The van der Waals surface area contributed by atoms with Crippen LogP contribution < -0.4 is 5.32 Å². The van der Waals surface area contributed by atoms with E-state index in [9.17, 15) is 4.79 Å². The molecule has 24 heavy (non-hydrogen) atoms. The largest absolute Gasteiger partial charge is 0.322 e. The number of amidine groups is 1. The molecule has 0 unspecified atom stereocenters. The third-order valence-electron chi connectivity index (χ3n) is 3.89. The molecule has 0 bridgehead atoms. The average molecular weight is 356 g/mol. The van der Waals surface area contributed by atoms with E-state index in [1.54, 1.807) is 36.0 Å². The second-order valence-corrected chi connectivity index (χ2v) is 6.75. The van der Waals surface area contributed by atoms with Gasteiger partial charge in [0.15, 0.2) is 5.17 Å². The predicted molar refractivity (Wildman–Crippen MR) is 100 cm³/mol. The Bertz CT molecular complexity index is 861. The monoisotopic (exact) mass is 355 g/mol. The molecule has 0 aliphatic carbocycles. The van der Waals surface area contributed by atoms with Crippen LogP contribution in [-0.4, -0.2) is 29.1 Å². The maximum Gasteiger partial charge on any atom is 0.255 e. The van der Waals surface area contributed by atoms with Crippen LogP contribution in [0.25, 0.3) is 5.70 Å². The molecule has 2 heterocycles. The van der Waals surface area contributed by atoms with E-state index >= 15 is 0 Å². The predicted octanol–water partition coefficient (Wildman–Crippen LogP) is 4.31. The van der Waals surface area contributed by atoms with Crippen LogP contribution in [0.2, 0.25) is 5.02 Å². The van der Waals surface area contributed by atoms with Crippen molar-refractivity contribution in [2.24, 2.45) is 4.99 Å². The summed E-state index contributed by atoms with van der Waals surface area (Å²) >= 11 is 7.59. The Balaban J connectivity index is 1.48. The molecule has 120 valence electrons. The number of hydrogen-bond donors (Lipinski definition) is 1. The number of hydrogen-bond acceptors (Lipinski definition) is 4. The normalized spacial score (nSPS) is 15.8. The van der Waals surface area contributed by atoms with Crippen molar-refractivity contribution >= 4 is 45.8 Å². The molecule has 2 aromatic rings. The molecule has 0 saturated heterocycles. The van der Waals surface area contributed by atoms with Crippen LogP contribution in [-0.2, 0) is 0 Å². The highest BCUT2D eigenvalue weighted by Crippen LogP contribution is 2.35. The number of aliphatic imine (C=N–C) groups is 1. The van der Waals surface area contributed by atoms with Gasteiger partial charge in [0.05, 0.1) is 12.2 Å². The molecule has 0 radical (unpaired) electrons. The van der Waals surface area contributed by atoms with E-state index in [1.165, 1.54) is 5.70 Å². The maximum atomic E-state index is 12.2. The van der Waals surface area contributed by atoms with Gasteiger partial charge in [0, 0.05) is 28.2 Å². The van der Waals surface area contributed by atoms with Gasteiger partial charge >= 0.3 is 0 Å². The lowest BCUT2D eigenvalue weighted by molar-refractivity contribution is 0.102. The van der Waals surface area contributed by atoms with Crippen LogP contribution in [0.1, 0.15) is 15.9 Å². The van der Waals surface area contributed by atoms with E-state index in [2.05, 4.69) is 20.6 Å². The smallest absolute Gasteiger partial charge is 0.255 e. The molecule has 0 saturated carbocycles. The number of fused-ring (bicyclic) bond motifs is 1. The van der Waals surface area contributed by atoms with Crippen molar-refractivity contribution in [1.29, 1.82) is 0 Å². The first-order valence-electron chi connectivity index (χ1n) is 7.57. The standard InChI is InChI=1S/C18H14ClN3OS/c19-14-3-1-2-13(10-14)17(23)21-15-6-4-12(5-7-15)16-11-24-18-20-8-9-22(16)18/h1-7,10-11H,8-9H2,(H,21,23). The molecular formula is C18H14ClN3OS. The molecule has 0 fully saturated rings. The van der Waals surface area contributed by atoms with Crippen molar-refractivity contribution in [3.05, 3.63) is 70.1 Å². The fourth-order valence-electron chi connectivity index (χ4n) is 2.70. The van der Waals surface area contributed by atoms with Gasteiger partial charge < -0.3 is 10.2 Å². The quantitative estimate of drug-likeness (QED) is 0.892. The third kappa shape index (κ3) is 2.92. The summed E-state index contributed by atoms with van der Waals surface area (Å²) in [6.07, 6.45) is 0. The van der Waals surface area contributed by atoms with Crippen LogP contribution in [0.3, 0.4) is 0 Å². The number of rotatable bonds is 3. The van der Waals surface area contributed by atoms with Gasteiger partial charge in [-0.15, -0.1) is 0 Å². The Labute approximate surface area is 149 Å². The molecule has 2 aromatic carbocycles. The van der Waals surface area contributed by atoms with Crippen molar-refractivity contribution in [2.45, 2.75) is 0 Å². The lowest BCUT2D eigenvalue weighted by Gasteiger charge is -2.16. The first-order chi connectivity index (χ1) is 11.7. The minimum atomic E-state index is -0.171. The van der Waals surface area contributed by atoms with Gasteiger partial charge in [0.2, 0.25) is 0 Å². The topological polar surface area (TPSA) is 44.7 Å². The van der Waals surface area contributed by atoms with Crippen molar-refractivity contribution in [1.82, 2.24) is 4.90 Å². The Hall–Kier alpha value is -2.24. The maximum absolute atomic E-state index is 12.2. The van der Waals surface area contributed by atoms with Gasteiger partial charge in [-0.1, -0.05) is 41.6 Å². The number of anilines is 1. The summed E-state index contributed by atoms with van der Waals surface area (Å²) in [7, 11) is 0. The molecule has 1 amide bonds. The third-order valence-corrected chi connectivity index (χ3v) is 5.03. The number of amides is 1. The van der Waals surface area contributed by atoms with Gasteiger partial charge in [-0.2, -0.15) is 0 Å². The molecule has 1 N–H and O–H groups in total. The first-order valence-corrected chi connectivity index (χ1v) is 8.83. The van der Waals surface area contributed by atoms with Gasteiger partial charge in [-0.25, -0.2) is 0 Å². The SMILES string of the molecule is O=C(Nc1ccc(C2=CSC3=NCCN23)cc1)c1cccc(Cl)c1. The zero-order valence-electron chi connectivity index (χ0n) is 12.7. The van der Waals surface area contributed by atoms with E-state index in [1.807, 2.05) is 24.3 Å². The lowest BCUT2D eigenvalue weighted by atomic mass is 10.1. The zero-order valence-corrected chi connectivity index (χ0v) is 14.3. The number of benzene rings is 2. The number of carbonyl (C=O) groups is 1. The molecule has 0 aromatic heterocycles. The summed E-state index contributed by atoms with van der Waals surface area (Å²) in [5.74, 6) is -0.171. The number of nitrogens with zero attached hydrogens (tertiary/aromatic N) is 2. The van der Waals surface area contributed by atoms with E-state index in [0.717, 1.165) is 29.5 Å². The molecule has 6 heteroatoms. The summed E-state index contributed by atoms with van der Waals surface area (Å²) < 4.78 is 0. The van der Waals surface area contributed by atoms with E-state index < -0.39 is 0 Å². The fourth-order valence-corrected chi connectivity index (χ4v) is 3.86. The van der Waals surface area contributed by atoms with Crippen LogP contribution >= 0.6 is 23.4 Å². The van der Waals surface area contributed by atoms with Crippen LogP contribution in [0.4, 0.5) is 5.69 Å². The summed E-state index contributed by atoms with van der Waals surface area (Å²) in [4.78, 5) is 18.9. The fraction of sp³-hybridized carbons (Fsp3) is 0.111. The highest BCUT2D eigenvalue weighted by Gasteiger charge is 2.26. The zero-order chi connectivity index (χ0) is 16.5. The first kappa shape index (κ1) is 15.3. The summed E-state index contributed by atoms with van der Waals surface area (Å²) in [5, 5.41) is 6.63. The molecular weight excluding hydrogens is 342 g/mol. The molecule has 0 atom stereocenters. The molecule has 4 rings (SSSR count). The highest BCUT2D eigenvalue weighted by atomic mass is 35.5. The van der Waals surface area contributed by atoms with Crippen LogP contribution in [0, 0.1) is 0 Å². The van der Waals surface area contributed by atoms with Gasteiger partial charge in [-0.05, 0) is 35.9 Å². The Morgan fingerprint density at radius 2 is 2.04 bits per heavy atom. The van der Waals surface area contributed by atoms with Crippen LogP contribution in [0.5, 0.6) is 0 Å². The molecule has 0 spiro atoms. The van der Waals surface area contributed by atoms with Crippen molar-refractivity contribution in [2.75, 3.05) is 18.4 Å². The summed E-state index contributed by atoms with van der Waals surface area (Å²) in [6, 6.07) is 14.8. The van der Waals surface area contributed by atoms with E-state index in [0.29, 0.717) is 10.6 Å². The Morgan fingerprint density at radius 1 is 1.21 bits per heavy atom. The van der Waals surface area contributed by atoms with Crippen molar-refractivity contribution < 1.29 is 4.79 Å². The van der Waals surface area contributed by atoms with Gasteiger partial charge in [0.25, 0.3) is 5.91 Å². The molecule has 2 aliphatic heterocycles. The summed E-state index contributed by atoms with van der Waals surface area (Å²) in [6.45, 7) is 1.79. The minimum absolute atomic E-state index is 0.171. The number of nitrogens with one attached hydrogen (secondary N) is 1. The number of thioether (sulfide) groups is 1. The number of halogens is 1. The molecule has 2 aliphatic rings. The number of carbonyl (C=O) groups excluding carboxylic acids is 1. The Morgan fingerprint density at radius 3 is 2.83 bits per heavy atom. The van der Waals surface area contributed by atoms with Gasteiger partial charge in [0.1, 0.15) is 0 Å². The molecule has 4 nitrogen and oxygen atoms in total. The van der Waals surface area contributed by atoms with Crippen LogP contribution in [0.15, 0.2) is 58.9 Å². The van der Waals surface area contributed by atoms with Gasteiger partial charge in [-0.3, -0.25) is 9.79 Å². The van der Waals surface area contributed by atoms with Crippen molar-refractivity contribution in [3.8, 4) is 0 Å².